The number of fused-ring (bicyclic) bond motifs is 1. The number of amides is 1. The van der Waals surface area contributed by atoms with Crippen molar-refractivity contribution in [3.63, 3.8) is 0 Å². The van der Waals surface area contributed by atoms with Crippen molar-refractivity contribution in [2.75, 3.05) is 6.61 Å². The highest BCUT2D eigenvalue weighted by molar-refractivity contribution is 6.08. The molecule has 0 spiro atoms. The molecular formula is C18H16N2O3. The maximum atomic E-state index is 12.5. The van der Waals surface area contributed by atoms with Crippen molar-refractivity contribution in [2.24, 2.45) is 5.73 Å². The van der Waals surface area contributed by atoms with Crippen LogP contribution in [0.3, 0.4) is 0 Å². The molecule has 2 N–H and O–H groups in total. The zero-order valence-corrected chi connectivity index (χ0v) is 12.7. The molecular weight excluding hydrogens is 292 g/mol. The molecule has 3 rings (SSSR count). The summed E-state index contributed by atoms with van der Waals surface area (Å²) >= 11 is 0. The summed E-state index contributed by atoms with van der Waals surface area (Å²) in [6, 6.07) is 14.6. The van der Waals surface area contributed by atoms with Gasteiger partial charge in [0.1, 0.15) is 5.75 Å². The van der Waals surface area contributed by atoms with Crippen LogP contribution in [0.2, 0.25) is 0 Å². The Balaban J connectivity index is 1.90. The monoisotopic (exact) mass is 308 g/mol. The Morgan fingerprint density at radius 2 is 1.78 bits per heavy atom. The molecule has 0 unspecified atom stereocenters. The van der Waals surface area contributed by atoms with E-state index in [2.05, 4.69) is 0 Å². The lowest BCUT2D eigenvalue weighted by Crippen LogP contribution is -2.19. The van der Waals surface area contributed by atoms with Gasteiger partial charge in [-0.1, -0.05) is 36.4 Å². The van der Waals surface area contributed by atoms with E-state index in [9.17, 15) is 9.59 Å². The molecule has 1 aromatic heterocycles. The largest absolute Gasteiger partial charge is 0.483 e. The standard InChI is InChI=1S/C18H16N2O3/c1-12-6-2-5-9-16(12)23-11-17(21)20-10-14(18(19)22)13-7-3-4-8-15(13)20/h2-10H,11H2,1H3,(H2,19,22). The zero-order valence-electron chi connectivity index (χ0n) is 12.7. The van der Waals surface area contributed by atoms with Crippen molar-refractivity contribution in [3.05, 3.63) is 65.9 Å². The fourth-order valence-corrected chi connectivity index (χ4v) is 2.51. The predicted molar refractivity (Wildman–Crippen MR) is 87.8 cm³/mol. The summed E-state index contributed by atoms with van der Waals surface area (Å²) in [5, 5.41) is 0.657. The number of hydrogen-bond acceptors (Lipinski definition) is 3. The van der Waals surface area contributed by atoms with Gasteiger partial charge in [-0.05, 0) is 24.6 Å². The molecule has 0 atom stereocenters. The third-order valence-electron chi connectivity index (χ3n) is 3.69. The minimum Gasteiger partial charge on any atom is -0.483 e. The first-order chi connectivity index (χ1) is 11.1. The molecule has 5 heteroatoms. The Morgan fingerprint density at radius 3 is 2.52 bits per heavy atom. The number of aromatic nitrogens is 1. The Morgan fingerprint density at radius 1 is 1.09 bits per heavy atom. The van der Waals surface area contributed by atoms with E-state index in [0.717, 1.165) is 5.56 Å². The van der Waals surface area contributed by atoms with E-state index < -0.39 is 5.91 Å². The normalized spacial score (nSPS) is 10.7. The van der Waals surface area contributed by atoms with Gasteiger partial charge >= 0.3 is 0 Å². The molecule has 23 heavy (non-hydrogen) atoms. The van der Waals surface area contributed by atoms with Crippen molar-refractivity contribution < 1.29 is 14.3 Å². The lowest BCUT2D eigenvalue weighted by atomic mass is 10.2. The first-order valence-corrected chi connectivity index (χ1v) is 7.19. The summed E-state index contributed by atoms with van der Waals surface area (Å²) in [5.74, 6) is -0.169. The smallest absolute Gasteiger partial charge is 0.269 e. The number of benzene rings is 2. The fraction of sp³-hybridized carbons (Fsp3) is 0.111. The summed E-state index contributed by atoms with van der Waals surface area (Å²) in [6.45, 7) is 1.79. The van der Waals surface area contributed by atoms with Gasteiger partial charge in [0.05, 0.1) is 11.1 Å². The minimum atomic E-state index is -0.562. The quantitative estimate of drug-likeness (QED) is 0.805. The number of para-hydroxylation sites is 2. The van der Waals surface area contributed by atoms with Crippen molar-refractivity contribution in [2.45, 2.75) is 6.92 Å². The van der Waals surface area contributed by atoms with Crippen LogP contribution in [-0.4, -0.2) is 23.0 Å². The van der Waals surface area contributed by atoms with Gasteiger partial charge in [-0.2, -0.15) is 0 Å². The maximum Gasteiger partial charge on any atom is 0.269 e. The van der Waals surface area contributed by atoms with Crippen LogP contribution >= 0.6 is 0 Å². The Kier molecular flexibility index (Phi) is 3.85. The average molecular weight is 308 g/mol. The number of primary amides is 1. The molecule has 1 amide bonds. The molecule has 2 aromatic carbocycles. The molecule has 116 valence electrons. The molecule has 0 aliphatic heterocycles. The van der Waals surface area contributed by atoms with E-state index in [-0.39, 0.29) is 12.5 Å². The average Bonchev–Trinajstić information content (AvgIpc) is 2.94. The second kappa shape index (κ2) is 5.96. The Bertz CT molecular complexity index is 896. The summed E-state index contributed by atoms with van der Waals surface area (Å²) in [4.78, 5) is 24.0. The molecule has 3 aromatic rings. The predicted octanol–water partition coefficient (Wildman–Crippen LogP) is 2.77. The number of ether oxygens (including phenoxy) is 1. The van der Waals surface area contributed by atoms with Gasteiger partial charge in [-0.25, -0.2) is 0 Å². The van der Waals surface area contributed by atoms with Crippen LogP contribution < -0.4 is 10.5 Å². The van der Waals surface area contributed by atoms with Crippen LogP contribution in [0.4, 0.5) is 0 Å². The SMILES string of the molecule is Cc1ccccc1OCC(=O)n1cc(C(N)=O)c2ccccc21. The van der Waals surface area contributed by atoms with E-state index >= 15 is 0 Å². The highest BCUT2D eigenvalue weighted by Crippen LogP contribution is 2.21. The van der Waals surface area contributed by atoms with Crippen LogP contribution in [0.15, 0.2) is 54.7 Å². The van der Waals surface area contributed by atoms with Crippen molar-refractivity contribution in [3.8, 4) is 5.75 Å². The van der Waals surface area contributed by atoms with Gasteiger partial charge in [0.2, 0.25) is 0 Å². The highest BCUT2D eigenvalue weighted by atomic mass is 16.5. The first-order valence-electron chi connectivity index (χ1n) is 7.19. The van der Waals surface area contributed by atoms with E-state index in [1.165, 1.54) is 10.8 Å². The third-order valence-corrected chi connectivity index (χ3v) is 3.69. The topological polar surface area (TPSA) is 74.3 Å². The van der Waals surface area contributed by atoms with Crippen molar-refractivity contribution >= 4 is 22.7 Å². The number of nitrogens with zero attached hydrogens (tertiary/aromatic N) is 1. The summed E-state index contributed by atoms with van der Waals surface area (Å²) in [7, 11) is 0. The molecule has 1 heterocycles. The number of hydrogen-bond donors (Lipinski definition) is 1. The fourth-order valence-electron chi connectivity index (χ4n) is 2.51. The number of aryl methyl sites for hydroxylation is 1. The van der Waals surface area contributed by atoms with Crippen LogP contribution in [0.5, 0.6) is 5.75 Å². The molecule has 0 aliphatic carbocycles. The maximum absolute atomic E-state index is 12.5. The zero-order chi connectivity index (χ0) is 16.4. The van der Waals surface area contributed by atoms with Gasteiger partial charge < -0.3 is 10.5 Å². The van der Waals surface area contributed by atoms with Crippen molar-refractivity contribution in [1.82, 2.24) is 4.57 Å². The summed E-state index contributed by atoms with van der Waals surface area (Å²) in [6.07, 6.45) is 1.47. The Labute approximate surface area is 133 Å². The van der Waals surface area contributed by atoms with E-state index in [1.54, 1.807) is 24.3 Å². The lowest BCUT2D eigenvalue weighted by Gasteiger charge is -2.09. The molecule has 0 bridgehead atoms. The number of nitrogens with two attached hydrogens (primary N) is 1. The van der Waals surface area contributed by atoms with E-state index in [4.69, 9.17) is 10.5 Å². The summed E-state index contributed by atoms with van der Waals surface area (Å²) in [5.41, 5.74) is 7.30. The second-order valence-corrected chi connectivity index (χ2v) is 5.24. The molecule has 0 saturated carbocycles. The van der Waals surface area contributed by atoms with Crippen molar-refractivity contribution in [1.29, 1.82) is 0 Å². The van der Waals surface area contributed by atoms with E-state index in [1.807, 2.05) is 31.2 Å². The van der Waals surface area contributed by atoms with Gasteiger partial charge in [0.25, 0.3) is 11.8 Å². The lowest BCUT2D eigenvalue weighted by molar-refractivity contribution is 0.0842. The van der Waals surface area contributed by atoms with Gasteiger partial charge in [-0.3, -0.25) is 14.2 Å². The third kappa shape index (κ3) is 2.81. The molecule has 0 fully saturated rings. The van der Waals surface area contributed by atoms with Gasteiger partial charge in [-0.15, -0.1) is 0 Å². The first kappa shape index (κ1) is 14.8. The van der Waals surface area contributed by atoms with Crippen LogP contribution in [0, 0.1) is 6.92 Å². The number of carbonyl (C=O) groups is 2. The molecule has 0 aliphatic rings. The van der Waals surface area contributed by atoms with Crippen LogP contribution in [-0.2, 0) is 0 Å². The highest BCUT2D eigenvalue weighted by Gasteiger charge is 2.16. The summed E-state index contributed by atoms with van der Waals surface area (Å²) < 4.78 is 7.00. The van der Waals surface area contributed by atoms with Gasteiger partial charge in [0, 0.05) is 11.6 Å². The van der Waals surface area contributed by atoms with Crippen LogP contribution in [0.25, 0.3) is 10.9 Å². The van der Waals surface area contributed by atoms with E-state index in [0.29, 0.717) is 22.2 Å². The van der Waals surface area contributed by atoms with Gasteiger partial charge in [0.15, 0.2) is 6.61 Å². The minimum absolute atomic E-state index is 0.123. The molecule has 0 radical (unpaired) electrons. The molecule has 0 saturated heterocycles. The number of rotatable bonds is 4. The molecule has 5 nitrogen and oxygen atoms in total. The second-order valence-electron chi connectivity index (χ2n) is 5.24. The Hall–Kier alpha value is -3.08. The van der Waals surface area contributed by atoms with Crippen LogP contribution in [0.1, 0.15) is 20.7 Å². The number of carbonyl (C=O) groups excluding carboxylic acids is 2.